The van der Waals surface area contributed by atoms with Crippen molar-refractivity contribution in [3.63, 3.8) is 0 Å². The van der Waals surface area contributed by atoms with Gasteiger partial charge in [0.05, 0.1) is 6.67 Å². The molecular weight excluding hydrogens is 356 g/mol. The summed E-state index contributed by atoms with van der Waals surface area (Å²) in [7, 11) is 0. The molecule has 2 N–H and O–H groups in total. The summed E-state index contributed by atoms with van der Waals surface area (Å²) >= 11 is 0. The average molecular weight is 385 g/mol. The van der Waals surface area contributed by atoms with Crippen LogP contribution in [0.4, 0.5) is 4.39 Å². The van der Waals surface area contributed by atoms with E-state index in [-0.39, 0.29) is 30.7 Å². The third-order valence-corrected chi connectivity index (χ3v) is 3.93. The molecule has 1 rings (SSSR count). The highest BCUT2D eigenvalue weighted by Gasteiger charge is 2.31. The molecule has 0 aromatic carbocycles. The number of alkyl halides is 1. The van der Waals surface area contributed by atoms with Gasteiger partial charge < -0.3 is 10.6 Å². The molecule has 1 saturated carbocycles. The Morgan fingerprint density at radius 3 is 2.42 bits per heavy atom. The first-order chi connectivity index (χ1) is 8.76. The molecule has 0 radical (unpaired) electrons. The maximum absolute atomic E-state index is 12.1. The van der Waals surface area contributed by atoms with Crippen molar-refractivity contribution in [2.75, 3.05) is 26.3 Å². The summed E-state index contributed by atoms with van der Waals surface area (Å²) in [4.78, 5) is 4.68. The van der Waals surface area contributed by atoms with E-state index in [1.54, 1.807) is 0 Å². The quantitative estimate of drug-likeness (QED) is 0.305. The molecule has 0 aliphatic heterocycles. The molecular formula is C14H29FIN3. The van der Waals surface area contributed by atoms with Crippen molar-refractivity contribution < 1.29 is 4.39 Å². The number of halogens is 2. The highest BCUT2D eigenvalue weighted by molar-refractivity contribution is 14.0. The zero-order valence-electron chi connectivity index (χ0n) is 12.3. The highest BCUT2D eigenvalue weighted by Crippen LogP contribution is 2.41. The van der Waals surface area contributed by atoms with Crippen molar-refractivity contribution in [2.45, 2.75) is 52.4 Å². The predicted octanol–water partition coefficient (Wildman–Crippen LogP) is 3.49. The summed E-state index contributed by atoms with van der Waals surface area (Å²) < 4.78 is 12.1. The van der Waals surface area contributed by atoms with Gasteiger partial charge in [-0.15, -0.1) is 24.0 Å². The minimum Gasteiger partial charge on any atom is -0.357 e. The largest absolute Gasteiger partial charge is 0.357 e. The second kappa shape index (κ2) is 10.7. The smallest absolute Gasteiger partial charge is 0.191 e. The molecule has 114 valence electrons. The number of nitrogens with zero attached hydrogens (tertiary/aromatic N) is 1. The average Bonchev–Trinajstić information content (AvgIpc) is 2.86. The van der Waals surface area contributed by atoms with Crippen molar-refractivity contribution in [3.05, 3.63) is 0 Å². The molecule has 0 saturated heterocycles. The molecule has 5 heteroatoms. The van der Waals surface area contributed by atoms with Crippen molar-refractivity contribution >= 4 is 29.9 Å². The predicted molar refractivity (Wildman–Crippen MR) is 91.2 cm³/mol. The van der Waals surface area contributed by atoms with Crippen LogP contribution in [-0.4, -0.2) is 32.3 Å². The molecule has 19 heavy (non-hydrogen) atoms. The number of guanidine groups is 1. The Morgan fingerprint density at radius 1 is 1.21 bits per heavy atom. The topological polar surface area (TPSA) is 36.4 Å². The monoisotopic (exact) mass is 385 g/mol. The van der Waals surface area contributed by atoms with Gasteiger partial charge in [-0.1, -0.05) is 19.8 Å². The number of hydrogen-bond acceptors (Lipinski definition) is 1. The van der Waals surface area contributed by atoms with E-state index in [0.29, 0.717) is 18.4 Å². The van der Waals surface area contributed by atoms with Crippen LogP contribution in [0.3, 0.4) is 0 Å². The van der Waals surface area contributed by atoms with E-state index >= 15 is 0 Å². The van der Waals surface area contributed by atoms with E-state index in [4.69, 9.17) is 0 Å². The summed E-state index contributed by atoms with van der Waals surface area (Å²) in [5.74, 6) is 0.839. The maximum Gasteiger partial charge on any atom is 0.191 e. The first-order valence-corrected chi connectivity index (χ1v) is 7.34. The van der Waals surface area contributed by atoms with Crippen molar-refractivity contribution in [2.24, 2.45) is 10.4 Å². The Hall–Kier alpha value is -0.0700. The van der Waals surface area contributed by atoms with Gasteiger partial charge in [-0.25, -0.2) is 0 Å². The first-order valence-electron chi connectivity index (χ1n) is 7.34. The second-order valence-corrected chi connectivity index (χ2v) is 5.23. The maximum atomic E-state index is 12.1. The van der Waals surface area contributed by atoms with Gasteiger partial charge in [0.15, 0.2) is 5.96 Å². The van der Waals surface area contributed by atoms with Crippen molar-refractivity contribution in [1.29, 1.82) is 0 Å². The lowest BCUT2D eigenvalue weighted by Gasteiger charge is -2.25. The van der Waals surface area contributed by atoms with Crippen LogP contribution in [0.2, 0.25) is 0 Å². The summed E-state index contributed by atoms with van der Waals surface area (Å²) in [5.41, 5.74) is 0.419. The molecule has 0 atom stereocenters. The molecule has 0 spiro atoms. The van der Waals surface area contributed by atoms with Gasteiger partial charge in [0.1, 0.15) is 0 Å². The SMILES string of the molecule is CCNC(=NCC1(CC)CCCC1)NCCCF.I. The van der Waals surface area contributed by atoms with Crippen LogP contribution >= 0.6 is 24.0 Å². The van der Waals surface area contributed by atoms with Crippen LogP contribution in [0.15, 0.2) is 4.99 Å². The Morgan fingerprint density at radius 2 is 1.89 bits per heavy atom. The summed E-state index contributed by atoms with van der Waals surface area (Å²) in [5, 5.41) is 6.41. The van der Waals surface area contributed by atoms with Crippen LogP contribution in [0.5, 0.6) is 0 Å². The van der Waals surface area contributed by atoms with Gasteiger partial charge in [0.2, 0.25) is 0 Å². The molecule has 0 heterocycles. The van der Waals surface area contributed by atoms with Crippen LogP contribution in [0.25, 0.3) is 0 Å². The fraction of sp³-hybridized carbons (Fsp3) is 0.929. The van der Waals surface area contributed by atoms with Gasteiger partial charge in [-0.05, 0) is 38.0 Å². The Labute approximate surface area is 134 Å². The zero-order valence-corrected chi connectivity index (χ0v) is 14.6. The van der Waals surface area contributed by atoms with Crippen LogP contribution in [0.1, 0.15) is 52.4 Å². The second-order valence-electron chi connectivity index (χ2n) is 5.23. The van der Waals surface area contributed by atoms with Gasteiger partial charge in [0, 0.05) is 19.6 Å². The molecule has 1 aliphatic rings. The molecule has 0 amide bonds. The van der Waals surface area contributed by atoms with Gasteiger partial charge in [-0.2, -0.15) is 0 Å². The summed E-state index contributed by atoms with van der Waals surface area (Å²) in [6.45, 7) is 6.45. The first kappa shape index (κ1) is 18.9. The fourth-order valence-electron chi connectivity index (χ4n) is 2.61. The van der Waals surface area contributed by atoms with E-state index in [0.717, 1.165) is 19.0 Å². The third-order valence-electron chi connectivity index (χ3n) is 3.93. The molecule has 0 aromatic heterocycles. The molecule has 0 aromatic rings. The summed E-state index contributed by atoms with van der Waals surface area (Å²) in [6, 6.07) is 0. The van der Waals surface area contributed by atoms with Crippen molar-refractivity contribution in [3.8, 4) is 0 Å². The van der Waals surface area contributed by atoms with E-state index < -0.39 is 0 Å². The molecule has 1 aliphatic carbocycles. The van der Waals surface area contributed by atoms with Gasteiger partial charge in [-0.3, -0.25) is 9.38 Å². The zero-order chi connectivity index (χ0) is 13.3. The Balaban J connectivity index is 0.00000324. The van der Waals surface area contributed by atoms with Gasteiger partial charge in [0.25, 0.3) is 0 Å². The van der Waals surface area contributed by atoms with E-state index in [1.807, 2.05) is 0 Å². The molecule has 3 nitrogen and oxygen atoms in total. The number of rotatable bonds is 7. The third kappa shape index (κ3) is 6.77. The molecule has 0 bridgehead atoms. The van der Waals surface area contributed by atoms with Gasteiger partial charge >= 0.3 is 0 Å². The number of aliphatic imine (C=N–C) groups is 1. The number of nitrogens with one attached hydrogen (secondary N) is 2. The van der Waals surface area contributed by atoms with Crippen LogP contribution < -0.4 is 10.6 Å². The lowest BCUT2D eigenvalue weighted by atomic mass is 9.84. The van der Waals surface area contributed by atoms with Crippen LogP contribution in [-0.2, 0) is 0 Å². The highest BCUT2D eigenvalue weighted by atomic mass is 127. The normalized spacial score (nSPS) is 17.9. The fourth-order valence-corrected chi connectivity index (χ4v) is 2.61. The minimum absolute atomic E-state index is 0. The standard InChI is InChI=1S/C14H28FN3.HI/c1-3-14(8-5-6-9-14)12-18-13(16-4-2)17-11-7-10-15;/h3-12H2,1-2H3,(H2,16,17,18);1H. The van der Waals surface area contributed by atoms with Crippen molar-refractivity contribution in [1.82, 2.24) is 10.6 Å². The lowest BCUT2D eigenvalue weighted by Crippen LogP contribution is -2.38. The molecule has 1 fully saturated rings. The lowest BCUT2D eigenvalue weighted by molar-refractivity contribution is 0.297. The van der Waals surface area contributed by atoms with E-state index in [9.17, 15) is 4.39 Å². The van der Waals surface area contributed by atoms with E-state index in [2.05, 4.69) is 29.5 Å². The Bertz CT molecular complexity index is 253. The number of hydrogen-bond donors (Lipinski definition) is 2. The van der Waals surface area contributed by atoms with Crippen LogP contribution in [0, 0.1) is 5.41 Å². The van der Waals surface area contributed by atoms with E-state index in [1.165, 1.54) is 32.1 Å². The summed E-state index contributed by atoms with van der Waals surface area (Å²) in [6.07, 6.45) is 7.04. The molecule has 0 unspecified atom stereocenters. The minimum atomic E-state index is -0.273. The Kier molecular flexibility index (Phi) is 10.6.